The van der Waals surface area contributed by atoms with Gasteiger partial charge >= 0.3 is 0 Å². The summed E-state index contributed by atoms with van der Waals surface area (Å²) in [4.78, 5) is 18.7. The molecule has 2 N–H and O–H groups in total. The number of H-pyrrole nitrogens is 2. The van der Waals surface area contributed by atoms with Gasteiger partial charge in [0.05, 0.1) is 0 Å². The second kappa shape index (κ2) is 8.17. The lowest BCUT2D eigenvalue weighted by Gasteiger charge is -2.00. The van der Waals surface area contributed by atoms with E-state index in [9.17, 15) is 4.79 Å². The SMILES string of the molecule is Brc1cccc2[nH]ccc12.O=C(c1ccccc1)c1c[nH]c2cccc(Br)c12. The molecule has 2 heterocycles. The zero-order valence-corrected chi connectivity index (χ0v) is 17.9. The highest BCUT2D eigenvalue weighted by molar-refractivity contribution is 9.11. The van der Waals surface area contributed by atoms with E-state index in [4.69, 9.17) is 0 Å². The Labute approximate surface area is 179 Å². The number of benzene rings is 3. The Morgan fingerprint density at radius 3 is 2.18 bits per heavy atom. The Morgan fingerprint density at radius 2 is 1.43 bits per heavy atom. The van der Waals surface area contributed by atoms with E-state index in [0.717, 1.165) is 19.8 Å². The highest BCUT2D eigenvalue weighted by atomic mass is 79.9. The zero-order valence-electron chi connectivity index (χ0n) is 14.7. The monoisotopic (exact) mass is 494 g/mol. The quantitative estimate of drug-likeness (QED) is 0.252. The number of nitrogens with one attached hydrogen (secondary N) is 2. The van der Waals surface area contributed by atoms with E-state index in [2.05, 4.69) is 54.0 Å². The maximum atomic E-state index is 12.4. The van der Waals surface area contributed by atoms with Crippen molar-refractivity contribution in [2.75, 3.05) is 0 Å². The third-order valence-corrected chi connectivity index (χ3v) is 5.83. The van der Waals surface area contributed by atoms with Crippen molar-refractivity contribution in [3.63, 3.8) is 0 Å². The summed E-state index contributed by atoms with van der Waals surface area (Å²) in [5.41, 5.74) is 3.54. The molecule has 0 aliphatic rings. The largest absolute Gasteiger partial charge is 0.361 e. The Hall–Kier alpha value is -2.63. The minimum absolute atomic E-state index is 0.0359. The van der Waals surface area contributed by atoms with Crippen molar-refractivity contribution in [3.8, 4) is 0 Å². The van der Waals surface area contributed by atoms with Crippen molar-refractivity contribution >= 4 is 59.4 Å². The molecule has 3 nitrogen and oxygen atoms in total. The van der Waals surface area contributed by atoms with Crippen molar-refractivity contribution in [2.45, 2.75) is 0 Å². The number of hydrogen-bond acceptors (Lipinski definition) is 1. The highest BCUT2D eigenvalue weighted by Crippen LogP contribution is 2.28. The number of aromatic nitrogens is 2. The minimum Gasteiger partial charge on any atom is -0.361 e. The van der Waals surface area contributed by atoms with Crippen LogP contribution in [0.25, 0.3) is 21.8 Å². The summed E-state index contributed by atoms with van der Waals surface area (Å²) in [6.07, 6.45) is 3.71. The third kappa shape index (κ3) is 3.68. The maximum Gasteiger partial charge on any atom is 0.195 e. The molecule has 28 heavy (non-hydrogen) atoms. The molecular weight excluding hydrogens is 480 g/mol. The summed E-state index contributed by atoms with van der Waals surface area (Å²) < 4.78 is 2.08. The van der Waals surface area contributed by atoms with E-state index in [-0.39, 0.29) is 5.78 Å². The van der Waals surface area contributed by atoms with Gasteiger partial charge in [0.25, 0.3) is 0 Å². The van der Waals surface area contributed by atoms with E-state index in [1.807, 2.05) is 66.9 Å². The first kappa shape index (κ1) is 18.7. The van der Waals surface area contributed by atoms with E-state index in [1.165, 1.54) is 10.9 Å². The van der Waals surface area contributed by atoms with Crippen molar-refractivity contribution < 1.29 is 4.79 Å². The minimum atomic E-state index is 0.0359. The van der Waals surface area contributed by atoms with E-state index < -0.39 is 0 Å². The summed E-state index contributed by atoms with van der Waals surface area (Å²) >= 11 is 6.95. The molecule has 0 radical (unpaired) electrons. The second-order valence-corrected chi connectivity index (χ2v) is 7.95. The fourth-order valence-corrected chi connectivity index (χ4v) is 4.19. The molecule has 0 aliphatic heterocycles. The molecule has 0 bridgehead atoms. The Bertz CT molecular complexity index is 1260. The standard InChI is InChI=1S/C15H10BrNO.C8H6BrN/c16-12-7-4-8-13-14(12)11(9-17-13)15(18)10-5-2-1-3-6-10;9-7-2-1-3-8-6(7)4-5-10-8/h1-9,17H;1-5,10H. The van der Waals surface area contributed by atoms with Gasteiger partial charge in [-0.1, -0.05) is 74.3 Å². The van der Waals surface area contributed by atoms with Gasteiger partial charge in [-0.2, -0.15) is 0 Å². The molecule has 0 atom stereocenters. The molecule has 2 aromatic heterocycles. The van der Waals surface area contributed by atoms with Crippen LogP contribution < -0.4 is 0 Å². The van der Waals surface area contributed by atoms with Crippen LogP contribution in [0.3, 0.4) is 0 Å². The molecule has 5 aromatic rings. The summed E-state index contributed by atoms with van der Waals surface area (Å²) in [7, 11) is 0. The first-order chi connectivity index (χ1) is 13.6. The maximum absolute atomic E-state index is 12.4. The molecule has 5 rings (SSSR count). The molecule has 0 aliphatic carbocycles. The van der Waals surface area contributed by atoms with Gasteiger partial charge in [0.15, 0.2) is 5.78 Å². The fourth-order valence-electron chi connectivity index (χ4n) is 3.11. The van der Waals surface area contributed by atoms with Crippen molar-refractivity contribution in [3.05, 3.63) is 105 Å². The molecular formula is C23H16Br2N2O. The predicted molar refractivity (Wildman–Crippen MR) is 122 cm³/mol. The lowest BCUT2D eigenvalue weighted by molar-refractivity contribution is 0.104. The number of halogens is 2. The number of ketones is 1. The lowest BCUT2D eigenvalue weighted by atomic mass is 10.0. The molecule has 3 aromatic carbocycles. The summed E-state index contributed by atoms with van der Waals surface area (Å²) in [5.74, 6) is 0.0359. The third-order valence-electron chi connectivity index (χ3n) is 4.48. The average molecular weight is 496 g/mol. The average Bonchev–Trinajstić information content (AvgIpc) is 3.37. The molecule has 0 amide bonds. The van der Waals surface area contributed by atoms with Crippen LogP contribution >= 0.6 is 31.9 Å². The van der Waals surface area contributed by atoms with Gasteiger partial charge in [-0.3, -0.25) is 4.79 Å². The van der Waals surface area contributed by atoms with Crippen LogP contribution in [0.1, 0.15) is 15.9 Å². The van der Waals surface area contributed by atoms with E-state index in [1.54, 1.807) is 6.20 Å². The predicted octanol–water partition coefficient (Wildman–Crippen LogP) is 7.09. The van der Waals surface area contributed by atoms with Crippen LogP contribution in [0.15, 0.2) is 94.1 Å². The summed E-state index contributed by atoms with van der Waals surface area (Å²) in [6.45, 7) is 0. The Balaban J connectivity index is 0.000000162. The number of fused-ring (bicyclic) bond motifs is 2. The molecule has 5 heteroatoms. The van der Waals surface area contributed by atoms with Crippen LogP contribution in [0.5, 0.6) is 0 Å². The van der Waals surface area contributed by atoms with Crippen LogP contribution in [0.2, 0.25) is 0 Å². The van der Waals surface area contributed by atoms with E-state index >= 15 is 0 Å². The van der Waals surface area contributed by atoms with Crippen LogP contribution in [0.4, 0.5) is 0 Å². The number of hydrogen-bond donors (Lipinski definition) is 2. The highest BCUT2D eigenvalue weighted by Gasteiger charge is 2.15. The first-order valence-electron chi connectivity index (χ1n) is 8.72. The topological polar surface area (TPSA) is 48.6 Å². The first-order valence-corrected chi connectivity index (χ1v) is 10.3. The van der Waals surface area contributed by atoms with Crippen molar-refractivity contribution in [2.24, 2.45) is 0 Å². The molecule has 0 fully saturated rings. The number of rotatable bonds is 2. The number of carbonyl (C=O) groups excluding carboxylic acids is 1. The van der Waals surface area contributed by atoms with Gasteiger partial charge in [0.2, 0.25) is 0 Å². The van der Waals surface area contributed by atoms with Crippen molar-refractivity contribution in [1.82, 2.24) is 9.97 Å². The Morgan fingerprint density at radius 1 is 0.714 bits per heavy atom. The normalized spacial score (nSPS) is 10.6. The summed E-state index contributed by atoms with van der Waals surface area (Å²) in [6, 6.07) is 23.3. The lowest BCUT2D eigenvalue weighted by Crippen LogP contribution is -1.99. The van der Waals surface area contributed by atoms with Gasteiger partial charge in [-0.15, -0.1) is 0 Å². The zero-order chi connectivity index (χ0) is 19.5. The van der Waals surface area contributed by atoms with Crippen LogP contribution in [0, 0.1) is 0 Å². The van der Waals surface area contributed by atoms with Gasteiger partial charge < -0.3 is 9.97 Å². The van der Waals surface area contributed by atoms with Gasteiger partial charge in [-0.05, 0) is 30.3 Å². The van der Waals surface area contributed by atoms with Gasteiger partial charge in [0.1, 0.15) is 0 Å². The van der Waals surface area contributed by atoms with Gasteiger partial charge in [0, 0.05) is 54.3 Å². The molecule has 0 saturated carbocycles. The van der Waals surface area contributed by atoms with Crippen LogP contribution in [-0.2, 0) is 0 Å². The van der Waals surface area contributed by atoms with Gasteiger partial charge in [-0.25, -0.2) is 0 Å². The van der Waals surface area contributed by atoms with E-state index in [0.29, 0.717) is 11.1 Å². The number of aromatic amines is 2. The van der Waals surface area contributed by atoms with Crippen LogP contribution in [-0.4, -0.2) is 15.8 Å². The Kier molecular flexibility index (Phi) is 5.46. The molecule has 0 saturated heterocycles. The molecule has 0 spiro atoms. The molecule has 0 unspecified atom stereocenters. The van der Waals surface area contributed by atoms with Crippen molar-refractivity contribution in [1.29, 1.82) is 0 Å². The molecule has 138 valence electrons. The number of carbonyl (C=O) groups is 1. The summed E-state index contributed by atoms with van der Waals surface area (Å²) in [5, 5.41) is 2.17. The fraction of sp³-hybridized carbons (Fsp3) is 0. The second-order valence-electron chi connectivity index (χ2n) is 6.24. The smallest absolute Gasteiger partial charge is 0.195 e.